The highest BCUT2D eigenvalue weighted by molar-refractivity contribution is 5.20. The molecule has 5 saturated carbocycles. The third-order valence-electron chi connectivity index (χ3n) is 13.8. The van der Waals surface area contributed by atoms with E-state index in [1.807, 2.05) is 0 Å². The van der Waals surface area contributed by atoms with Crippen LogP contribution in [0, 0.1) is 50.7 Å². The topological polar surface area (TPSA) is 49.7 Å². The van der Waals surface area contributed by atoms with Crippen LogP contribution in [0.4, 0.5) is 0 Å². The fourth-order valence-electron chi connectivity index (χ4n) is 12.2. The van der Waals surface area contributed by atoms with Crippen LogP contribution in [-0.4, -0.2) is 34.6 Å². The van der Waals surface area contributed by atoms with Gasteiger partial charge in [0.1, 0.15) is 0 Å². The molecule has 5 aliphatic carbocycles. The van der Waals surface area contributed by atoms with Gasteiger partial charge in [0.05, 0.1) is 24.4 Å². The lowest BCUT2D eigenvalue weighted by Gasteiger charge is -2.63. The first-order valence-corrected chi connectivity index (χ1v) is 14.3. The summed E-state index contributed by atoms with van der Waals surface area (Å²) in [6.07, 6.45) is 12.9. The molecule has 1 heterocycles. The number of hydrogen-bond donors (Lipinski definition) is 2. The molecular weight excluding hydrogens is 408 g/mol. The van der Waals surface area contributed by atoms with Crippen LogP contribution in [0.1, 0.15) is 112 Å². The summed E-state index contributed by atoms with van der Waals surface area (Å²) in [5.74, 6) is 2.57. The zero-order chi connectivity index (χ0) is 23.7. The lowest BCUT2D eigenvalue weighted by Crippen LogP contribution is -2.61. The summed E-state index contributed by atoms with van der Waals surface area (Å²) < 4.78 is 7.10. The summed E-state index contributed by atoms with van der Waals surface area (Å²) >= 11 is 0. The van der Waals surface area contributed by atoms with Crippen LogP contribution in [0.3, 0.4) is 0 Å². The molecule has 0 radical (unpaired) electrons. The Bertz CT molecular complexity index is 753. The Balaban J connectivity index is 1.39. The largest absolute Gasteiger partial charge is 0.393 e. The first-order valence-electron chi connectivity index (χ1n) is 14.3. The van der Waals surface area contributed by atoms with Crippen LogP contribution >= 0.6 is 0 Å². The highest BCUT2D eigenvalue weighted by Gasteiger charge is 2.71. The Kier molecular flexibility index (Phi) is 4.80. The van der Waals surface area contributed by atoms with Crippen molar-refractivity contribution in [2.24, 2.45) is 50.7 Å². The summed E-state index contributed by atoms with van der Waals surface area (Å²) in [7, 11) is 0. The van der Waals surface area contributed by atoms with Crippen LogP contribution in [-0.2, 0) is 4.74 Å². The molecule has 188 valence electrons. The van der Waals surface area contributed by atoms with Crippen LogP contribution in [0.15, 0.2) is 0 Å². The predicted molar refractivity (Wildman–Crippen MR) is 132 cm³/mol. The molecule has 33 heavy (non-hydrogen) atoms. The van der Waals surface area contributed by atoms with Crippen molar-refractivity contribution in [1.29, 1.82) is 0 Å². The molecule has 0 aromatic heterocycles. The summed E-state index contributed by atoms with van der Waals surface area (Å²) in [5, 5.41) is 21.8. The van der Waals surface area contributed by atoms with E-state index < -0.39 is 0 Å². The minimum atomic E-state index is -0.163. The summed E-state index contributed by atoms with van der Waals surface area (Å²) in [6, 6.07) is 0. The number of ether oxygens (including phenoxy) is 1. The molecule has 1 aliphatic heterocycles. The van der Waals surface area contributed by atoms with Gasteiger partial charge in [-0.2, -0.15) is 0 Å². The van der Waals surface area contributed by atoms with E-state index in [2.05, 4.69) is 41.5 Å². The van der Waals surface area contributed by atoms with Crippen LogP contribution in [0.5, 0.6) is 0 Å². The maximum Gasteiger partial charge on any atom is 0.0722 e. The van der Waals surface area contributed by atoms with Gasteiger partial charge in [0.15, 0.2) is 0 Å². The number of hydrogen-bond acceptors (Lipinski definition) is 3. The third-order valence-corrected chi connectivity index (χ3v) is 13.8. The molecule has 2 spiro atoms. The van der Waals surface area contributed by atoms with Crippen molar-refractivity contribution in [3.8, 4) is 0 Å². The molecule has 3 nitrogen and oxygen atoms in total. The smallest absolute Gasteiger partial charge is 0.0722 e. The number of aliphatic hydroxyl groups is 2. The highest BCUT2D eigenvalue weighted by Crippen LogP contribution is 2.74. The van der Waals surface area contributed by atoms with Gasteiger partial charge in [-0.25, -0.2) is 0 Å². The second-order valence-corrected chi connectivity index (χ2v) is 15.5. The van der Waals surface area contributed by atoms with E-state index in [9.17, 15) is 10.2 Å². The minimum Gasteiger partial charge on any atom is -0.393 e. The molecule has 10 unspecified atom stereocenters. The Morgan fingerprint density at radius 3 is 1.70 bits per heavy atom. The molecule has 2 bridgehead atoms. The fourth-order valence-corrected chi connectivity index (χ4v) is 12.2. The van der Waals surface area contributed by atoms with Crippen molar-refractivity contribution in [3.05, 3.63) is 0 Å². The molecular formula is C30H50O3. The van der Waals surface area contributed by atoms with E-state index in [1.165, 1.54) is 51.4 Å². The summed E-state index contributed by atoms with van der Waals surface area (Å²) in [5.41, 5.74) is 1.06. The quantitative estimate of drug-likeness (QED) is 0.444. The van der Waals surface area contributed by atoms with Gasteiger partial charge < -0.3 is 14.9 Å². The van der Waals surface area contributed by atoms with Crippen molar-refractivity contribution in [3.63, 3.8) is 0 Å². The predicted octanol–water partition coefficient (Wildman–Crippen LogP) is 6.35. The molecule has 3 heteroatoms. The normalized spacial score (nSPS) is 58.9. The fraction of sp³-hybridized carbons (Fsp3) is 1.00. The van der Waals surface area contributed by atoms with Gasteiger partial charge >= 0.3 is 0 Å². The summed E-state index contributed by atoms with van der Waals surface area (Å²) in [6.45, 7) is 15.6. The Morgan fingerprint density at radius 2 is 1.09 bits per heavy atom. The zero-order valence-corrected chi connectivity index (χ0v) is 22.3. The van der Waals surface area contributed by atoms with Gasteiger partial charge in [-0.15, -0.1) is 0 Å². The van der Waals surface area contributed by atoms with Gasteiger partial charge in [0, 0.05) is 0 Å². The third kappa shape index (κ3) is 2.74. The summed E-state index contributed by atoms with van der Waals surface area (Å²) in [4.78, 5) is 0. The second kappa shape index (κ2) is 6.80. The van der Waals surface area contributed by atoms with Gasteiger partial charge in [-0.3, -0.25) is 0 Å². The van der Waals surface area contributed by atoms with Crippen molar-refractivity contribution >= 4 is 0 Å². The number of aliphatic hydroxyl groups excluding tert-OH is 2. The van der Waals surface area contributed by atoms with Gasteiger partial charge in [-0.05, 0) is 121 Å². The van der Waals surface area contributed by atoms with E-state index in [0.29, 0.717) is 28.6 Å². The van der Waals surface area contributed by atoms with Crippen molar-refractivity contribution < 1.29 is 14.9 Å². The minimum absolute atomic E-state index is 0.00454. The van der Waals surface area contributed by atoms with E-state index >= 15 is 0 Å². The standard InChI is InChI=1S/C30H50O3/c1-25(2)19-9-15-29-17-30(33-18-29)16-10-20-26(3,4)24(32)12-14-28(20,6)22(30)8-7-21(29)27(19,5)13-11-23(25)31/h19-24,31-32H,7-18H2,1-6H3. The second-order valence-electron chi connectivity index (χ2n) is 15.5. The first kappa shape index (κ1) is 23.3. The van der Waals surface area contributed by atoms with E-state index in [1.54, 1.807) is 0 Å². The van der Waals surface area contributed by atoms with Gasteiger partial charge in [0.25, 0.3) is 0 Å². The molecule has 2 N–H and O–H groups in total. The SMILES string of the molecule is CC1(C)C(O)CCC2(C)C3CCC4C5(CCC6C(C)(C)C(O)CCC46C)CC3(CCC12)CO5. The van der Waals surface area contributed by atoms with Crippen LogP contribution < -0.4 is 0 Å². The van der Waals surface area contributed by atoms with E-state index in [4.69, 9.17) is 4.74 Å². The monoisotopic (exact) mass is 458 g/mol. The number of rotatable bonds is 0. The maximum absolute atomic E-state index is 10.9. The lowest BCUT2D eigenvalue weighted by atomic mass is 9.42. The average Bonchev–Trinajstić information content (AvgIpc) is 2.99. The molecule has 0 aromatic rings. The first-order chi connectivity index (χ1) is 15.3. The maximum atomic E-state index is 10.9. The molecule has 1 saturated heterocycles. The molecule has 0 amide bonds. The highest BCUT2D eigenvalue weighted by atomic mass is 16.5. The Labute approximate surface area is 202 Å². The molecule has 6 fully saturated rings. The lowest BCUT2D eigenvalue weighted by molar-refractivity contribution is -0.210. The Morgan fingerprint density at radius 1 is 0.576 bits per heavy atom. The van der Waals surface area contributed by atoms with E-state index in [-0.39, 0.29) is 34.1 Å². The molecule has 6 rings (SSSR count). The van der Waals surface area contributed by atoms with Gasteiger partial charge in [0.2, 0.25) is 0 Å². The van der Waals surface area contributed by atoms with E-state index in [0.717, 1.165) is 31.8 Å². The van der Waals surface area contributed by atoms with Crippen molar-refractivity contribution in [2.45, 2.75) is 130 Å². The zero-order valence-electron chi connectivity index (χ0n) is 22.3. The molecule has 0 aromatic carbocycles. The Hall–Kier alpha value is -0.120. The molecule has 6 aliphatic rings. The van der Waals surface area contributed by atoms with Gasteiger partial charge in [-0.1, -0.05) is 41.5 Å². The van der Waals surface area contributed by atoms with Crippen LogP contribution in [0.25, 0.3) is 0 Å². The van der Waals surface area contributed by atoms with Crippen molar-refractivity contribution in [1.82, 2.24) is 0 Å². The van der Waals surface area contributed by atoms with Crippen molar-refractivity contribution in [2.75, 3.05) is 6.61 Å². The average molecular weight is 459 g/mol. The molecule has 10 atom stereocenters. The number of fused-ring (bicyclic) bond motifs is 4. The van der Waals surface area contributed by atoms with Crippen LogP contribution in [0.2, 0.25) is 0 Å².